The van der Waals surface area contributed by atoms with Crippen LogP contribution in [0.15, 0.2) is 48.5 Å². The summed E-state index contributed by atoms with van der Waals surface area (Å²) in [4.78, 5) is 26.7. The summed E-state index contributed by atoms with van der Waals surface area (Å²) < 4.78 is 38.4. The molecule has 0 unspecified atom stereocenters. The molecular weight excluding hydrogens is 369 g/mol. The van der Waals surface area contributed by atoms with E-state index < -0.39 is 11.7 Å². The van der Waals surface area contributed by atoms with Crippen LogP contribution in [-0.4, -0.2) is 29.8 Å². The van der Waals surface area contributed by atoms with Gasteiger partial charge in [-0.05, 0) is 50.1 Å². The van der Waals surface area contributed by atoms with Gasteiger partial charge in [-0.3, -0.25) is 9.59 Å². The fraction of sp³-hybridized carbons (Fsp3) is 0.333. The lowest BCUT2D eigenvalue weighted by atomic mass is 9.95. The Bertz CT molecular complexity index is 872. The minimum absolute atomic E-state index is 0.0690. The van der Waals surface area contributed by atoms with Crippen molar-refractivity contribution < 1.29 is 22.8 Å². The van der Waals surface area contributed by atoms with Crippen LogP contribution in [0.2, 0.25) is 0 Å². The summed E-state index contributed by atoms with van der Waals surface area (Å²) in [7, 11) is 0. The molecule has 28 heavy (non-hydrogen) atoms. The molecule has 1 N–H and O–H groups in total. The van der Waals surface area contributed by atoms with Gasteiger partial charge in [-0.25, -0.2) is 0 Å². The fourth-order valence-electron chi connectivity index (χ4n) is 3.32. The number of carbonyl (C=O) groups excluding carboxylic acids is 2. The molecule has 0 aliphatic carbocycles. The topological polar surface area (TPSA) is 49.4 Å². The summed E-state index contributed by atoms with van der Waals surface area (Å²) >= 11 is 0. The molecule has 0 spiro atoms. The van der Waals surface area contributed by atoms with E-state index in [2.05, 4.69) is 5.32 Å². The predicted molar refractivity (Wildman–Crippen MR) is 99.9 cm³/mol. The Morgan fingerprint density at radius 1 is 1.04 bits per heavy atom. The SMILES string of the molecule is Cc1cccc(C(=O)N2CCC(C(=O)Nc3cccc(C(F)(F)F)c3)CC2)c1. The monoisotopic (exact) mass is 390 g/mol. The minimum atomic E-state index is -4.46. The van der Waals surface area contributed by atoms with Gasteiger partial charge in [0, 0.05) is 30.3 Å². The third-order valence-electron chi connectivity index (χ3n) is 4.88. The zero-order valence-corrected chi connectivity index (χ0v) is 15.4. The van der Waals surface area contributed by atoms with Crippen molar-refractivity contribution in [1.82, 2.24) is 4.90 Å². The molecule has 0 atom stereocenters. The highest BCUT2D eigenvalue weighted by Crippen LogP contribution is 2.31. The van der Waals surface area contributed by atoms with E-state index in [1.54, 1.807) is 11.0 Å². The van der Waals surface area contributed by atoms with Gasteiger partial charge >= 0.3 is 6.18 Å². The van der Waals surface area contributed by atoms with Crippen LogP contribution in [0.25, 0.3) is 0 Å². The van der Waals surface area contributed by atoms with E-state index in [0.717, 1.165) is 17.7 Å². The largest absolute Gasteiger partial charge is 0.416 e. The van der Waals surface area contributed by atoms with Crippen molar-refractivity contribution in [3.8, 4) is 0 Å². The first-order valence-corrected chi connectivity index (χ1v) is 9.08. The Morgan fingerprint density at radius 3 is 2.36 bits per heavy atom. The number of halogens is 3. The smallest absolute Gasteiger partial charge is 0.339 e. The van der Waals surface area contributed by atoms with Crippen molar-refractivity contribution >= 4 is 17.5 Å². The van der Waals surface area contributed by atoms with Crippen LogP contribution in [0.1, 0.15) is 34.3 Å². The van der Waals surface area contributed by atoms with Crippen LogP contribution >= 0.6 is 0 Å². The van der Waals surface area contributed by atoms with Gasteiger partial charge in [0.2, 0.25) is 5.91 Å². The standard InChI is InChI=1S/C21H21F3N2O2/c1-14-4-2-5-16(12-14)20(28)26-10-8-15(9-11-26)19(27)25-18-7-3-6-17(13-18)21(22,23)24/h2-7,12-13,15H,8-11H2,1H3,(H,25,27). The first-order valence-electron chi connectivity index (χ1n) is 9.08. The molecule has 4 nitrogen and oxygen atoms in total. The highest BCUT2D eigenvalue weighted by molar-refractivity contribution is 5.95. The molecule has 0 radical (unpaired) electrons. The zero-order chi connectivity index (χ0) is 20.3. The van der Waals surface area contributed by atoms with Gasteiger partial charge < -0.3 is 10.2 Å². The Labute approximate surface area is 161 Å². The molecule has 0 bridgehead atoms. The number of hydrogen-bond acceptors (Lipinski definition) is 2. The van der Waals surface area contributed by atoms with Gasteiger partial charge in [-0.1, -0.05) is 23.8 Å². The second-order valence-electron chi connectivity index (χ2n) is 7.00. The van der Waals surface area contributed by atoms with E-state index in [1.807, 2.05) is 25.1 Å². The number of anilines is 1. The van der Waals surface area contributed by atoms with E-state index in [-0.39, 0.29) is 23.4 Å². The summed E-state index contributed by atoms with van der Waals surface area (Å²) in [6.07, 6.45) is -3.51. The highest BCUT2D eigenvalue weighted by atomic mass is 19.4. The number of rotatable bonds is 3. The van der Waals surface area contributed by atoms with Gasteiger partial charge in [0.15, 0.2) is 0 Å². The number of piperidine rings is 1. The van der Waals surface area contributed by atoms with Gasteiger partial charge in [0.25, 0.3) is 5.91 Å². The number of carbonyl (C=O) groups is 2. The second kappa shape index (κ2) is 8.04. The van der Waals surface area contributed by atoms with Crippen LogP contribution in [0.3, 0.4) is 0 Å². The minimum Gasteiger partial charge on any atom is -0.339 e. The normalized spacial score (nSPS) is 15.4. The number of hydrogen-bond donors (Lipinski definition) is 1. The Balaban J connectivity index is 1.58. The molecule has 148 valence electrons. The highest BCUT2D eigenvalue weighted by Gasteiger charge is 2.31. The van der Waals surface area contributed by atoms with Crippen molar-refractivity contribution in [2.24, 2.45) is 5.92 Å². The molecule has 7 heteroatoms. The van der Waals surface area contributed by atoms with E-state index in [4.69, 9.17) is 0 Å². The van der Waals surface area contributed by atoms with Crippen molar-refractivity contribution in [3.63, 3.8) is 0 Å². The molecule has 2 aromatic rings. The number of alkyl halides is 3. The van der Waals surface area contributed by atoms with Gasteiger partial charge in [0.05, 0.1) is 5.56 Å². The maximum absolute atomic E-state index is 12.8. The van der Waals surface area contributed by atoms with Crippen LogP contribution in [0.5, 0.6) is 0 Å². The van der Waals surface area contributed by atoms with Crippen LogP contribution in [-0.2, 0) is 11.0 Å². The number of nitrogens with one attached hydrogen (secondary N) is 1. The molecule has 2 amide bonds. The summed E-state index contributed by atoms with van der Waals surface area (Å²) in [5.74, 6) is -0.724. The Kier molecular flexibility index (Phi) is 5.72. The molecule has 1 heterocycles. The Hall–Kier alpha value is -2.83. The predicted octanol–water partition coefficient (Wildman–Crippen LogP) is 4.50. The zero-order valence-electron chi connectivity index (χ0n) is 15.4. The number of aryl methyl sites for hydroxylation is 1. The average molecular weight is 390 g/mol. The summed E-state index contributed by atoms with van der Waals surface area (Å²) in [6.45, 7) is 2.79. The van der Waals surface area contributed by atoms with Crippen LogP contribution in [0, 0.1) is 12.8 Å². The van der Waals surface area contributed by atoms with Gasteiger partial charge in [-0.15, -0.1) is 0 Å². The molecule has 0 aromatic heterocycles. The number of amides is 2. The lowest BCUT2D eigenvalue weighted by molar-refractivity contribution is -0.137. The molecule has 1 saturated heterocycles. The lowest BCUT2D eigenvalue weighted by Gasteiger charge is -2.31. The third kappa shape index (κ3) is 4.71. The molecule has 3 rings (SSSR count). The summed E-state index contributed by atoms with van der Waals surface area (Å²) in [6, 6.07) is 11.9. The molecule has 1 aliphatic heterocycles. The average Bonchev–Trinajstić information content (AvgIpc) is 2.67. The number of benzene rings is 2. The van der Waals surface area contributed by atoms with Crippen molar-refractivity contribution in [2.75, 3.05) is 18.4 Å². The second-order valence-corrected chi connectivity index (χ2v) is 7.00. The molecule has 0 saturated carbocycles. The number of nitrogens with zero attached hydrogens (tertiary/aromatic N) is 1. The molecule has 1 fully saturated rings. The molecular formula is C21H21F3N2O2. The van der Waals surface area contributed by atoms with E-state index in [1.165, 1.54) is 12.1 Å². The van der Waals surface area contributed by atoms with Crippen molar-refractivity contribution in [3.05, 3.63) is 65.2 Å². The number of likely N-dealkylation sites (tertiary alicyclic amines) is 1. The van der Waals surface area contributed by atoms with Crippen LogP contribution < -0.4 is 5.32 Å². The first kappa shape index (κ1) is 19.9. The van der Waals surface area contributed by atoms with Gasteiger partial charge in [-0.2, -0.15) is 13.2 Å². The lowest BCUT2D eigenvalue weighted by Crippen LogP contribution is -2.41. The van der Waals surface area contributed by atoms with Crippen LogP contribution in [0.4, 0.5) is 18.9 Å². The Morgan fingerprint density at radius 2 is 1.71 bits per heavy atom. The molecule has 1 aliphatic rings. The maximum Gasteiger partial charge on any atom is 0.416 e. The van der Waals surface area contributed by atoms with Crippen molar-refractivity contribution in [1.29, 1.82) is 0 Å². The van der Waals surface area contributed by atoms with Gasteiger partial charge in [0.1, 0.15) is 0 Å². The van der Waals surface area contributed by atoms with Crippen molar-refractivity contribution in [2.45, 2.75) is 25.9 Å². The first-order chi connectivity index (χ1) is 13.2. The maximum atomic E-state index is 12.8. The van der Waals surface area contributed by atoms with E-state index >= 15 is 0 Å². The van der Waals surface area contributed by atoms with E-state index in [9.17, 15) is 22.8 Å². The van der Waals surface area contributed by atoms with E-state index in [0.29, 0.717) is 31.5 Å². The quantitative estimate of drug-likeness (QED) is 0.839. The summed E-state index contributed by atoms with van der Waals surface area (Å²) in [5, 5.41) is 2.56. The molecule has 2 aromatic carbocycles. The third-order valence-corrected chi connectivity index (χ3v) is 4.88. The fourth-order valence-corrected chi connectivity index (χ4v) is 3.32. The summed E-state index contributed by atoms with van der Waals surface area (Å²) in [5.41, 5.74) is 0.940.